The van der Waals surface area contributed by atoms with Gasteiger partial charge in [0.2, 0.25) is 0 Å². The normalized spacial score (nSPS) is 12.0. The summed E-state index contributed by atoms with van der Waals surface area (Å²) in [7, 11) is -0.801. The van der Waals surface area contributed by atoms with Gasteiger partial charge >= 0.3 is 0 Å². The van der Waals surface area contributed by atoms with E-state index in [2.05, 4.69) is 45.8 Å². The summed E-state index contributed by atoms with van der Waals surface area (Å²) in [6, 6.07) is 1.30. The van der Waals surface area contributed by atoms with Crippen LogP contribution in [0.4, 0.5) is 0 Å². The number of hydrogen-bond acceptors (Lipinski definition) is 0. The molecule has 0 aliphatic carbocycles. The summed E-state index contributed by atoms with van der Waals surface area (Å²) in [6.45, 7) is 9.20. The number of rotatable bonds is 4. The Kier molecular flexibility index (Phi) is 4.20. The van der Waals surface area contributed by atoms with Crippen LogP contribution < -0.4 is 0 Å². The lowest BCUT2D eigenvalue weighted by Crippen LogP contribution is -2.18. The van der Waals surface area contributed by atoms with Crippen LogP contribution in [0, 0.1) is 19.3 Å². The first-order valence-electron chi connectivity index (χ1n) is 3.51. The van der Waals surface area contributed by atoms with Gasteiger partial charge in [-0.25, -0.2) is 0 Å². The molecule has 0 spiro atoms. The first kappa shape index (κ1) is 9.22. The summed E-state index contributed by atoms with van der Waals surface area (Å²) in [6.07, 6.45) is 6.49. The standard InChI is InChI=1S/C8H17Si/c1-5-6-7-8-9(2,3)4/h5-7H,8H2,1-4H3. The molecular weight excluding hydrogens is 124 g/mol. The van der Waals surface area contributed by atoms with Crippen LogP contribution in [0.15, 0.2) is 0 Å². The van der Waals surface area contributed by atoms with Crippen LogP contribution in [0.1, 0.15) is 6.92 Å². The Morgan fingerprint density at radius 1 is 1.22 bits per heavy atom. The molecule has 53 valence electrons. The van der Waals surface area contributed by atoms with Crippen molar-refractivity contribution >= 4 is 8.07 Å². The van der Waals surface area contributed by atoms with Gasteiger partial charge in [0.25, 0.3) is 0 Å². The lowest BCUT2D eigenvalue weighted by Gasteiger charge is -2.13. The van der Waals surface area contributed by atoms with Crippen LogP contribution in [0.3, 0.4) is 0 Å². The zero-order valence-corrected chi connectivity index (χ0v) is 7.94. The second-order valence-electron chi connectivity index (χ2n) is 3.53. The van der Waals surface area contributed by atoms with E-state index in [0.717, 1.165) is 0 Å². The van der Waals surface area contributed by atoms with Gasteiger partial charge in [0, 0.05) is 8.07 Å². The van der Waals surface area contributed by atoms with E-state index in [1.807, 2.05) is 0 Å². The Labute approximate surface area is 60.7 Å². The molecule has 0 atom stereocenters. The van der Waals surface area contributed by atoms with Crippen LogP contribution in [0.25, 0.3) is 0 Å². The number of unbranched alkanes of at least 4 members (excludes halogenated alkanes) is 2. The maximum absolute atomic E-state index is 2.38. The second kappa shape index (κ2) is 4.10. The fourth-order valence-electron chi connectivity index (χ4n) is 0.558. The Hall–Kier alpha value is 0.217. The minimum atomic E-state index is -0.801. The zero-order chi connectivity index (χ0) is 7.33. The molecule has 0 aromatic rings. The highest BCUT2D eigenvalue weighted by Crippen LogP contribution is 2.11. The Morgan fingerprint density at radius 3 is 2.11 bits per heavy atom. The maximum atomic E-state index is 2.38. The fourth-order valence-corrected chi connectivity index (χ4v) is 1.40. The van der Waals surface area contributed by atoms with Gasteiger partial charge in [0.1, 0.15) is 0 Å². The van der Waals surface area contributed by atoms with E-state index in [9.17, 15) is 0 Å². The van der Waals surface area contributed by atoms with Crippen LogP contribution >= 0.6 is 0 Å². The molecule has 3 radical (unpaired) electrons. The molecule has 1 heteroatoms. The van der Waals surface area contributed by atoms with Gasteiger partial charge < -0.3 is 0 Å². The molecule has 0 rings (SSSR count). The zero-order valence-electron chi connectivity index (χ0n) is 6.94. The van der Waals surface area contributed by atoms with Gasteiger partial charge in [0.05, 0.1) is 0 Å². The summed E-state index contributed by atoms with van der Waals surface area (Å²) < 4.78 is 0. The average Bonchev–Trinajstić information content (AvgIpc) is 1.63. The van der Waals surface area contributed by atoms with Crippen LogP contribution in [-0.4, -0.2) is 8.07 Å². The summed E-state index contributed by atoms with van der Waals surface area (Å²) in [5.41, 5.74) is 0. The molecule has 0 aromatic heterocycles. The van der Waals surface area contributed by atoms with Crippen molar-refractivity contribution in [2.45, 2.75) is 32.6 Å². The first-order chi connectivity index (χ1) is 4.06. The van der Waals surface area contributed by atoms with Gasteiger partial charge in [-0.05, 0) is 19.3 Å². The molecule has 9 heavy (non-hydrogen) atoms. The van der Waals surface area contributed by atoms with E-state index >= 15 is 0 Å². The third-order valence-electron chi connectivity index (χ3n) is 1.06. The molecule has 0 N–H and O–H groups in total. The predicted molar refractivity (Wildman–Crippen MR) is 46.7 cm³/mol. The van der Waals surface area contributed by atoms with Gasteiger partial charge in [-0.1, -0.05) is 32.6 Å². The highest BCUT2D eigenvalue weighted by molar-refractivity contribution is 6.76. The fraction of sp³-hybridized carbons (Fsp3) is 0.625. The van der Waals surface area contributed by atoms with Crippen molar-refractivity contribution in [3.05, 3.63) is 19.3 Å². The Balaban J connectivity index is 3.07. The van der Waals surface area contributed by atoms with Crippen molar-refractivity contribution in [2.75, 3.05) is 0 Å². The van der Waals surface area contributed by atoms with E-state index in [1.165, 1.54) is 6.04 Å². The maximum Gasteiger partial charge on any atom is 0.0445 e. The molecule has 0 nitrogen and oxygen atoms in total. The molecule has 0 amide bonds. The van der Waals surface area contributed by atoms with Gasteiger partial charge in [-0.2, -0.15) is 0 Å². The SMILES string of the molecule is C[CH][CH][CH]C[Si](C)(C)C. The van der Waals surface area contributed by atoms with Crippen molar-refractivity contribution in [3.8, 4) is 0 Å². The van der Waals surface area contributed by atoms with E-state index in [1.54, 1.807) is 0 Å². The van der Waals surface area contributed by atoms with Crippen LogP contribution in [0.2, 0.25) is 25.7 Å². The molecule has 0 aromatic carbocycles. The van der Waals surface area contributed by atoms with Crippen molar-refractivity contribution < 1.29 is 0 Å². The third-order valence-corrected chi connectivity index (χ3v) is 2.52. The highest BCUT2D eigenvalue weighted by Gasteiger charge is 2.10. The van der Waals surface area contributed by atoms with Crippen molar-refractivity contribution in [1.82, 2.24) is 0 Å². The van der Waals surface area contributed by atoms with E-state index in [4.69, 9.17) is 0 Å². The van der Waals surface area contributed by atoms with Crippen molar-refractivity contribution in [3.63, 3.8) is 0 Å². The molecule has 0 fully saturated rings. The molecule has 0 unspecified atom stereocenters. The highest BCUT2D eigenvalue weighted by atomic mass is 28.3. The molecule has 0 saturated carbocycles. The largest absolute Gasteiger partial charge is 0.0695 e. The molecule has 0 bridgehead atoms. The summed E-state index contributed by atoms with van der Waals surface area (Å²) >= 11 is 0. The van der Waals surface area contributed by atoms with Gasteiger partial charge in [-0.15, -0.1) is 0 Å². The van der Waals surface area contributed by atoms with Gasteiger partial charge in [0.15, 0.2) is 0 Å². The first-order valence-corrected chi connectivity index (χ1v) is 7.21. The topological polar surface area (TPSA) is 0 Å². The Morgan fingerprint density at radius 2 is 1.78 bits per heavy atom. The summed E-state index contributed by atoms with van der Waals surface area (Å²) in [5.74, 6) is 0. The summed E-state index contributed by atoms with van der Waals surface area (Å²) in [4.78, 5) is 0. The molecule has 0 aliphatic rings. The predicted octanol–water partition coefficient (Wildman–Crippen LogP) is 2.96. The second-order valence-corrected chi connectivity index (χ2v) is 9.06. The quantitative estimate of drug-likeness (QED) is 0.417. The molecular formula is C8H17Si. The van der Waals surface area contributed by atoms with E-state index < -0.39 is 8.07 Å². The molecule has 0 heterocycles. The lowest BCUT2D eigenvalue weighted by molar-refractivity contribution is 1.29. The van der Waals surface area contributed by atoms with E-state index in [0.29, 0.717) is 0 Å². The average molecular weight is 141 g/mol. The molecule has 0 aliphatic heterocycles. The summed E-state index contributed by atoms with van der Waals surface area (Å²) in [5, 5.41) is 0. The Bertz CT molecular complexity index is 61.5. The van der Waals surface area contributed by atoms with Crippen molar-refractivity contribution in [1.29, 1.82) is 0 Å². The van der Waals surface area contributed by atoms with Gasteiger partial charge in [-0.3, -0.25) is 0 Å². The van der Waals surface area contributed by atoms with Crippen molar-refractivity contribution in [2.24, 2.45) is 0 Å². The monoisotopic (exact) mass is 141 g/mol. The number of hydrogen-bond donors (Lipinski definition) is 0. The minimum Gasteiger partial charge on any atom is -0.0695 e. The third kappa shape index (κ3) is 8.22. The van der Waals surface area contributed by atoms with Crippen LogP contribution in [-0.2, 0) is 0 Å². The van der Waals surface area contributed by atoms with Crippen LogP contribution in [0.5, 0.6) is 0 Å². The molecule has 0 saturated heterocycles. The smallest absolute Gasteiger partial charge is 0.0445 e. The minimum absolute atomic E-state index is 0.801. The lowest BCUT2D eigenvalue weighted by atomic mass is 10.3. The van der Waals surface area contributed by atoms with E-state index in [-0.39, 0.29) is 0 Å².